The van der Waals surface area contributed by atoms with Crippen molar-refractivity contribution in [3.05, 3.63) is 0 Å². The molecule has 4 N–H and O–H groups in total. The van der Waals surface area contributed by atoms with Crippen LogP contribution in [0.2, 0.25) is 131 Å². The van der Waals surface area contributed by atoms with Gasteiger partial charge in [-0.25, -0.2) is 0 Å². The average molecular weight is 1160 g/mol. The fourth-order valence-corrected chi connectivity index (χ4v) is 153. The first-order valence-electron chi connectivity index (χ1n) is 19.7. The maximum Gasteiger partial charge on any atom is 0.655 e. The summed E-state index contributed by atoms with van der Waals surface area (Å²) in [6.45, 7) is 37.4. The maximum atomic E-state index is 13.5. The van der Waals surface area contributed by atoms with Crippen LogP contribution in [-0.4, -0.2) is 168 Å². The number of rotatable bonds is 6. The molecule has 0 amide bonds. The quantitative estimate of drug-likeness (QED) is 0.274. The van der Waals surface area contributed by atoms with Gasteiger partial charge >= 0.3 is 104 Å². The van der Waals surface area contributed by atoms with Gasteiger partial charge < -0.3 is 93.3 Å². The molecule has 348 valence electrons. The molecular formula is C20H64O22Si18. The van der Waals surface area contributed by atoms with Crippen molar-refractivity contribution in [3.63, 3.8) is 0 Å². The molecule has 0 aliphatic carbocycles. The molecule has 12 atom stereocenters. The largest absolute Gasteiger partial charge is 0.655 e. The minimum absolute atomic E-state index is 1.37. The highest BCUT2D eigenvalue weighted by atomic mass is 29.4. The van der Waals surface area contributed by atoms with E-state index in [1.807, 2.05) is 118 Å². The molecule has 0 aromatic heterocycles. The van der Waals surface area contributed by atoms with E-state index in [2.05, 4.69) is 0 Å². The minimum Gasteiger partial charge on any atom is -0.379 e. The zero-order chi connectivity index (χ0) is 45.7. The highest BCUT2D eigenvalue weighted by Gasteiger charge is 2.90. The summed E-state index contributed by atoms with van der Waals surface area (Å²) < 4.78 is 128. The summed E-state index contributed by atoms with van der Waals surface area (Å²) in [6.07, 6.45) is 0. The van der Waals surface area contributed by atoms with Gasteiger partial charge in [-0.3, -0.25) is 0 Å². The molecule has 0 aromatic carbocycles. The van der Waals surface area contributed by atoms with Gasteiger partial charge in [0.25, 0.3) is 0 Å². The Morgan fingerprint density at radius 2 is 0.367 bits per heavy atom. The van der Waals surface area contributed by atoms with Crippen molar-refractivity contribution in [2.75, 3.05) is 0 Å². The second kappa shape index (κ2) is 13.9. The third-order valence-electron chi connectivity index (χ3n) is 10.6. The van der Waals surface area contributed by atoms with Crippen LogP contribution >= 0.6 is 0 Å². The third kappa shape index (κ3) is 8.07. The van der Waals surface area contributed by atoms with Crippen molar-refractivity contribution < 1.29 is 93.3 Å². The molecule has 60 heavy (non-hydrogen) atoms. The van der Waals surface area contributed by atoms with E-state index in [9.17, 15) is 19.2 Å². The lowest BCUT2D eigenvalue weighted by Gasteiger charge is -2.65. The van der Waals surface area contributed by atoms with Gasteiger partial charge in [0.05, 0.1) is 0 Å². The highest BCUT2D eigenvalue weighted by Crippen LogP contribution is 2.54. The summed E-state index contributed by atoms with van der Waals surface area (Å²) in [7, 11) is -79.7. The second-order valence-electron chi connectivity index (χ2n) is 22.5. The Balaban J connectivity index is 1.81. The van der Waals surface area contributed by atoms with Crippen molar-refractivity contribution in [3.8, 4) is 0 Å². The smallest absolute Gasteiger partial charge is 0.379 e. The summed E-state index contributed by atoms with van der Waals surface area (Å²) in [5.74, 6) is 0. The van der Waals surface area contributed by atoms with Gasteiger partial charge in [-0.2, -0.15) is 0 Å². The molecule has 22 nitrogen and oxygen atoms in total. The maximum absolute atomic E-state index is 13.5. The Bertz CT molecular complexity index is 1800. The summed E-state index contributed by atoms with van der Waals surface area (Å²) in [5, 5.41) is 0. The fourth-order valence-electron chi connectivity index (χ4n) is 7.00. The van der Waals surface area contributed by atoms with Gasteiger partial charge in [0, 0.05) is 13.1 Å². The predicted molar refractivity (Wildman–Crippen MR) is 249 cm³/mol. The van der Waals surface area contributed by atoms with E-state index in [-0.39, 0.29) is 0 Å². The minimum atomic E-state index is -5.56. The SMILES string of the molecule is C[Si]12O[Si]3(O)O[Si]4(O)O[Si]5(C)O[Si]([Si](C)(C)C)(O1)O[Si]1(O)O[Si]([Si](C)(C)C)(O5)O[Si]5([Si](C)(C)C)O[Si]([Si](C)(C)C)(O1)O[Si](O)(O2)O[Si]([Si](C)(C)C)(O3)O[Si]([Si](C)(C)C)(O4)O5. The lowest BCUT2D eigenvalue weighted by molar-refractivity contribution is -0.0577. The summed E-state index contributed by atoms with van der Waals surface area (Å²) in [4.78, 5) is 53.4. The second-order valence-corrected chi connectivity index (χ2v) is 117. The molecule has 8 saturated heterocycles. The van der Waals surface area contributed by atoms with Crippen LogP contribution in [0, 0.1) is 0 Å². The lowest BCUT2D eigenvalue weighted by Crippen LogP contribution is -2.96. The van der Waals surface area contributed by atoms with E-state index in [0.717, 1.165) is 0 Å². The Morgan fingerprint density at radius 1 is 0.217 bits per heavy atom. The van der Waals surface area contributed by atoms with Crippen LogP contribution in [0.3, 0.4) is 0 Å². The lowest BCUT2D eigenvalue weighted by atomic mass is 11.8. The van der Waals surface area contributed by atoms with E-state index in [1.54, 1.807) is 0 Å². The van der Waals surface area contributed by atoms with Crippen molar-refractivity contribution in [2.45, 2.75) is 131 Å². The molecular weight excluding hydrogens is 1100 g/mol. The molecule has 0 spiro atoms. The van der Waals surface area contributed by atoms with E-state index < -0.39 is 149 Å². The first-order chi connectivity index (χ1) is 26.2. The van der Waals surface area contributed by atoms with Gasteiger partial charge in [0.15, 0.2) is 0 Å². The topological polar surface area (TPSA) is 247 Å². The van der Waals surface area contributed by atoms with Crippen LogP contribution in [0.4, 0.5) is 0 Å². The normalized spacial score (nSPS) is 51.6. The van der Waals surface area contributed by atoms with E-state index in [4.69, 9.17) is 74.1 Å². The van der Waals surface area contributed by atoms with E-state index in [0.29, 0.717) is 0 Å². The van der Waals surface area contributed by atoms with Crippen LogP contribution in [0.5, 0.6) is 0 Å². The van der Waals surface area contributed by atoms with Gasteiger partial charge in [-0.15, -0.1) is 0 Å². The number of hydrogen-bond donors (Lipinski definition) is 4. The summed E-state index contributed by atoms with van der Waals surface area (Å²) in [6, 6.07) is 0. The molecule has 0 saturated carbocycles. The van der Waals surface area contributed by atoms with Gasteiger partial charge in [-0.1, -0.05) is 118 Å². The molecule has 8 aliphatic heterocycles. The Labute approximate surface area is 370 Å². The molecule has 8 rings (SSSR count). The molecule has 40 heteroatoms. The monoisotopic (exact) mass is 1160 g/mol. The van der Waals surface area contributed by atoms with Gasteiger partial charge in [0.1, 0.15) is 45.5 Å². The van der Waals surface area contributed by atoms with Crippen molar-refractivity contribution >= 4 is 149 Å². The van der Waals surface area contributed by atoms with Crippen LogP contribution in [-0.2, 0) is 74.1 Å². The van der Waals surface area contributed by atoms with Crippen molar-refractivity contribution in [1.82, 2.24) is 0 Å². The molecule has 12 unspecified atom stereocenters. The number of hydrogen-bond acceptors (Lipinski definition) is 22. The van der Waals surface area contributed by atoms with Crippen LogP contribution in [0.1, 0.15) is 0 Å². The third-order valence-corrected chi connectivity index (χ3v) is 112. The van der Waals surface area contributed by atoms with Crippen LogP contribution in [0.25, 0.3) is 0 Å². The van der Waals surface area contributed by atoms with E-state index >= 15 is 0 Å². The first-order valence-corrected chi connectivity index (χ1v) is 68.2. The Morgan fingerprint density at radius 3 is 0.617 bits per heavy atom. The van der Waals surface area contributed by atoms with Crippen LogP contribution < -0.4 is 0 Å². The molecule has 8 aliphatic rings. The van der Waals surface area contributed by atoms with Gasteiger partial charge in [0.2, 0.25) is 0 Å². The molecule has 0 radical (unpaired) electrons. The standard InChI is InChI=1S/C20H64O22Si18/c1-43(2,3)55-28-49(19)25-51(21)31-52(22)27-50(20,29-55)30-56(44(4,5)6)37-54(24,36-55)38-58(46(10,11)12)35-53(23,26-49)34-57(32-51,45(7,8)9)40-59(33-52,47(13,14)15)42-60(39-56,41-58)48(16,17)18/h21-24H,1-20H3. The summed E-state index contributed by atoms with van der Waals surface area (Å²) in [5.41, 5.74) is 0. The van der Waals surface area contributed by atoms with E-state index in [1.165, 1.54) is 13.1 Å². The van der Waals surface area contributed by atoms with Crippen molar-refractivity contribution in [2.24, 2.45) is 0 Å². The Kier molecular flexibility index (Phi) is 11.8. The van der Waals surface area contributed by atoms with Crippen LogP contribution in [0.15, 0.2) is 0 Å². The summed E-state index contributed by atoms with van der Waals surface area (Å²) >= 11 is 0. The zero-order valence-electron chi connectivity index (χ0n) is 38.1. The highest BCUT2D eigenvalue weighted by molar-refractivity contribution is 7.50. The average Bonchev–Trinajstić information content (AvgIpc) is 2.87. The predicted octanol–water partition coefficient (Wildman–Crippen LogP) is 1.36. The van der Waals surface area contributed by atoms with Gasteiger partial charge in [-0.05, 0) is 0 Å². The fraction of sp³-hybridized carbons (Fsp3) is 1.00. The molecule has 12 bridgehead atoms. The van der Waals surface area contributed by atoms with Crippen molar-refractivity contribution in [1.29, 1.82) is 0 Å². The first kappa shape index (κ1) is 50.9. The molecule has 8 fully saturated rings. The zero-order valence-corrected chi connectivity index (χ0v) is 56.1. The molecule has 0 aromatic rings. The molecule has 8 heterocycles. The Hall–Kier alpha value is 3.02.